The maximum absolute atomic E-state index is 12.9. The molecule has 1 fully saturated rings. The summed E-state index contributed by atoms with van der Waals surface area (Å²) in [5, 5.41) is 13.6. The smallest absolute Gasteiger partial charge is 0.271 e. The van der Waals surface area contributed by atoms with Crippen LogP contribution in [0.2, 0.25) is 5.02 Å². The zero-order valence-corrected chi connectivity index (χ0v) is 23.4. The Labute approximate surface area is 233 Å². The minimum atomic E-state index is -0.449. The van der Waals surface area contributed by atoms with E-state index < -0.39 is 5.91 Å². The molecule has 9 heteroatoms. The highest BCUT2D eigenvalue weighted by molar-refractivity contribution is 6.32. The lowest BCUT2D eigenvalue weighted by atomic mass is 10.1. The van der Waals surface area contributed by atoms with Gasteiger partial charge in [-0.1, -0.05) is 23.7 Å². The molecule has 2 N–H and O–H groups in total. The first kappa shape index (κ1) is 28.0. The Hall–Kier alpha value is -4.04. The van der Waals surface area contributed by atoms with Gasteiger partial charge in [-0.2, -0.15) is 5.10 Å². The number of nitrogens with one attached hydrogen (secondary N) is 1. The van der Waals surface area contributed by atoms with E-state index in [0.29, 0.717) is 18.8 Å². The Morgan fingerprint density at radius 2 is 1.69 bits per heavy atom. The van der Waals surface area contributed by atoms with Crippen molar-refractivity contribution in [2.45, 2.75) is 27.7 Å². The molecule has 204 valence electrons. The van der Waals surface area contributed by atoms with Gasteiger partial charge in [0.25, 0.3) is 11.8 Å². The molecule has 39 heavy (non-hydrogen) atoms. The van der Waals surface area contributed by atoms with E-state index in [4.69, 9.17) is 16.3 Å². The summed E-state index contributed by atoms with van der Waals surface area (Å²) < 4.78 is 5.95. The van der Waals surface area contributed by atoms with Gasteiger partial charge in [-0.15, -0.1) is 0 Å². The predicted molar refractivity (Wildman–Crippen MR) is 154 cm³/mol. The van der Waals surface area contributed by atoms with Crippen molar-refractivity contribution in [2.24, 2.45) is 5.10 Å². The van der Waals surface area contributed by atoms with E-state index in [9.17, 15) is 14.7 Å². The van der Waals surface area contributed by atoms with Crippen LogP contribution in [0.1, 0.15) is 38.2 Å². The first-order valence-electron chi connectivity index (χ1n) is 12.8. The highest BCUT2D eigenvalue weighted by Crippen LogP contribution is 2.26. The molecule has 0 atom stereocenters. The number of hydrogen-bond acceptors (Lipinski definition) is 6. The number of phenols is 1. The van der Waals surface area contributed by atoms with Crippen molar-refractivity contribution in [1.82, 2.24) is 10.3 Å². The predicted octanol–water partition coefficient (Wildman–Crippen LogP) is 4.77. The fourth-order valence-electron chi connectivity index (χ4n) is 4.66. The number of aromatic hydroxyl groups is 1. The van der Waals surface area contributed by atoms with E-state index in [1.807, 2.05) is 30.9 Å². The van der Waals surface area contributed by atoms with Crippen LogP contribution in [-0.4, -0.2) is 60.8 Å². The number of hydrogen-bond donors (Lipinski definition) is 2. The maximum atomic E-state index is 12.9. The standard InChI is InChI=1S/C30H33ClN4O4/c1-19-6-5-7-26(22(19)4)34-10-12-35(13-11-34)28(37)18-39-29-20(2)14-23(15-21(29)3)17-32-33-30(38)24-8-9-27(36)25(31)16-24/h5-9,14-17,36H,10-13,18H2,1-4H3,(H,33,38)/b32-17+. The number of carbonyl (C=O) groups excluding carboxylic acids is 2. The van der Waals surface area contributed by atoms with Gasteiger partial charge in [0, 0.05) is 37.4 Å². The number of nitrogens with zero attached hydrogens (tertiary/aromatic N) is 3. The highest BCUT2D eigenvalue weighted by Gasteiger charge is 2.23. The Balaban J connectivity index is 1.30. The zero-order chi connectivity index (χ0) is 28.1. The molecular weight excluding hydrogens is 516 g/mol. The van der Waals surface area contributed by atoms with Gasteiger partial charge < -0.3 is 19.6 Å². The van der Waals surface area contributed by atoms with Crippen molar-refractivity contribution in [1.29, 1.82) is 0 Å². The van der Waals surface area contributed by atoms with Crippen molar-refractivity contribution in [3.63, 3.8) is 0 Å². The normalized spacial score (nSPS) is 13.6. The number of carbonyl (C=O) groups is 2. The van der Waals surface area contributed by atoms with E-state index in [1.54, 1.807) is 0 Å². The molecule has 1 aliphatic rings. The number of benzene rings is 3. The average molecular weight is 549 g/mol. The Bertz CT molecular complexity index is 1390. The summed E-state index contributed by atoms with van der Waals surface area (Å²) in [5.41, 5.74) is 9.01. The van der Waals surface area contributed by atoms with Crippen molar-refractivity contribution in [3.8, 4) is 11.5 Å². The molecule has 0 aromatic heterocycles. The third kappa shape index (κ3) is 6.70. The van der Waals surface area contributed by atoms with Crippen molar-refractivity contribution >= 4 is 35.3 Å². The van der Waals surface area contributed by atoms with Crippen LogP contribution in [0.15, 0.2) is 53.6 Å². The summed E-state index contributed by atoms with van der Waals surface area (Å²) in [6.45, 7) is 10.9. The first-order chi connectivity index (χ1) is 18.6. The zero-order valence-electron chi connectivity index (χ0n) is 22.6. The Morgan fingerprint density at radius 1 is 1.00 bits per heavy atom. The van der Waals surface area contributed by atoms with E-state index in [-0.39, 0.29) is 28.8 Å². The molecule has 0 radical (unpaired) electrons. The van der Waals surface area contributed by atoms with Crippen LogP contribution in [0.25, 0.3) is 0 Å². The van der Waals surface area contributed by atoms with Gasteiger partial charge in [-0.05, 0) is 91.9 Å². The fraction of sp³-hybridized carbons (Fsp3) is 0.300. The van der Waals surface area contributed by atoms with Gasteiger partial charge in [0.2, 0.25) is 0 Å². The molecule has 0 unspecified atom stereocenters. The number of phenolic OH excluding ortho intramolecular Hbond substituents is 1. The second-order valence-electron chi connectivity index (χ2n) is 9.72. The summed E-state index contributed by atoms with van der Waals surface area (Å²) >= 11 is 5.86. The number of hydrazone groups is 1. The second-order valence-corrected chi connectivity index (χ2v) is 10.1. The second kappa shape index (κ2) is 12.2. The lowest BCUT2D eigenvalue weighted by Crippen LogP contribution is -2.50. The topological polar surface area (TPSA) is 94.5 Å². The first-order valence-corrected chi connectivity index (χ1v) is 13.2. The molecule has 0 spiro atoms. The van der Waals surface area contributed by atoms with Crippen molar-refractivity contribution < 1.29 is 19.4 Å². The fourth-order valence-corrected chi connectivity index (χ4v) is 4.84. The number of rotatable bonds is 7. The van der Waals surface area contributed by atoms with Crippen LogP contribution in [0.5, 0.6) is 11.5 Å². The number of ether oxygens (including phenoxy) is 1. The molecule has 0 saturated carbocycles. The quantitative estimate of drug-likeness (QED) is 0.327. The molecule has 3 aromatic rings. The third-order valence-corrected chi connectivity index (χ3v) is 7.26. The van der Waals surface area contributed by atoms with Crippen LogP contribution in [-0.2, 0) is 4.79 Å². The molecule has 1 aliphatic heterocycles. The summed E-state index contributed by atoms with van der Waals surface area (Å²) in [4.78, 5) is 29.3. The molecule has 3 aromatic carbocycles. The van der Waals surface area contributed by atoms with Gasteiger partial charge in [-0.3, -0.25) is 9.59 Å². The molecule has 0 bridgehead atoms. The van der Waals surface area contributed by atoms with Crippen LogP contribution in [0.3, 0.4) is 0 Å². The number of anilines is 1. The number of halogens is 1. The average Bonchev–Trinajstić information content (AvgIpc) is 2.91. The highest BCUT2D eigenvalue weighted by atomic mass is 35.5. The molecule has 0 aliphatic carbocycles. The van der Waals surface area contributed by atoms with E-state index >= 15 is 0 Å². The minimum Gasteiger partial charge on any atom is -0.506 e. The van der Waals surface area contributed by atoms with E-state index in [2.05, 4.69) is 47.5 Å². The van der Waals surface area contributed by atoms with Gasteiger partial charge in [0.05, 0.1) is 11.2 Å². The molecular formula is C30H33ClN4O4. The Kier molecular flexibility index (Phi) is 8.76. The number of aryl methyl sites for hydroxylation is 3. The van der Waals surface area contributed by atoms with Crippen molar-refractivity contribution in [3.05, 3.63) is 86.9 Å². The molecule has 2 amide bonds. The van der Waals surface area contributed by atoms with Crippen LogP contribution in [0.4, 0.5) is 5.69 Å². The third-order valence-electron chi connectivity index (χ3n) is 6.96. The minimum absolute atomic E-state index is 0.0240. The lowest BCUT2D eigenvalue weighted by molar-refractivity contribution is -0.133. The SMILES string of the molecule is Cc1cccc(N2CCN(C(=O)COc3c(C)cc(/C=N/NC(=O)c4ccc(O)c(Cl)c4)cc3C)CC2)c1C. The molecule has 1 saturated heterocycles. The van der Waals surface area contributed by atoms with Crippen LogP contribution < -0.4 is 15.1 Å². The van der Waals surface area contributed by atoms with Gasteiger partial charge >= 0.3 is 0 Å². The van der Waals surface area contributed by atoms with Gasteiger partial charge in [0.1, 0.15) is 11.5 Å². The molecule has 1 heterocycles. The Morgan fingerprint density at radius 3 is 2.36 bits per heavy atom. The molecule has 4 rings (SSSR count). The van der Waals surface area contributed by atoms with E-state index in [1.165, 1.54) is 41.2 Å². The monoisotopic (exact) mass is 548 g/mol. The van der Waals surface area contributed by atoms with Crippen LogP contribution in [0, 0.1) is 27.7 Å². The summed E-state index contributed by atoms with van der Waals surface area (Å²) in [6.07, 6.45) is 1.53. The lowest BCUT2D eigenvalue weighted by Gasteiger charge is -2.37. The van der Waals surface area contributed by atoms with Gasteiger partial charge in [0.15, 0.2) is 6.61 Å². The van der Waals surface area contributed by atoms with E-state index in [0.717, 1.165) is 29.8 Å². The summed E-state index contributed by atoms with van der Waals surface area (Å²) in [5.74, 6) is 0.0896. The number of amides is 2. The maximum Gasteiger partial charge on any atom is 0.271 e. The summed E-state index contributed by atoms with van der Waals surface area (Å²) in [6, 6.07) is 14.3. The van der Waals surface area contributed by atoms with Crippen molar-refractivity contribution in [2.75, 3.05) is 37.7 Å². The molecule has 8 nitrogen and oxygen atoms in total. The largest absolute Gasteiger partial charge is 0.506 e. The number of piperazine rings is 1. The van der Waals surface area contributed by atoms with Crippen LogP contribution >= 0.6 is 11.6 Å². The van der Waals surface area contributed by atoms with Gasteiger partial charge in [-0.25, -0.2) is 5.43 Å². The summed E-state index contributed by atoms with van der Waals surface area (Å²) in [7, 11) is 0.